The van der Waals surface area contributed by atoms with Gasteiger partial charge in [-0.3, -0.25) is 4.40 Å². The average Bonchev–Trinajstić information content (AvgIpc) is 2.81. The van der Waals surface area contributed by atoms with Crippen LogP contribution in [0.3, 0.4) is 0 Å². The molecule has 0 spiro atoms. The smallest absolute Gasteiger partial charge is 0.398 e. The molecule has 2 N–H and O–H groups in total. The summed E-state index contributed by atoms with van der Waals surface area (Å²) in [4.78, 5) is 0. The van der Waals surface area contributed by atoms with Crippen molar-refractivity contribution in [3.63, 3.8) is 0 Å². The number of halogens is 3. The maximum atomic E-state index is 12.8. The zero-order valence-electron chi connectivity index (χ0n) is 11.0. The summed E-state index contributed by atoms with van der Waals surface area (Å²) in [5.41, 5.74) is 7.35. The van der Waals surface area contributed by atoms with Crippen LogP contribution in [-0.2, 0) is 6.18 Å². The minimum absolute atomic E-state index is 0.298. The van der Waals surface area contributed by atoms with Gasteiger partial charge in [-0.15, -0.1) is 10.2 Å². The fourth-order valence-corrected chi connectivity index (χ4v) is 2.22. The minimum Gasteiger partial charge on any atom is -0.398 e. The molecule has 108 valence electrons. The first kappa shape index (κ1) is 13.4. The normalized spacial score (nSPS) is 12.0. The standard InChI is InChI=1S/C14H11F3N4/c1-8-3-2-4-10(18)12(8)13-20-19-11-6-5-9(7-21(11)13)14(15,16)17/h2-7H,18H2,1H3. The van der Waals surface area contributed by atoms with Gasteiger partial charge in [0.05, 0.1) is 5.56 Å². The summed E-state index contributed by atoms with van der Waals surface area (Å²) in [7, 11) is 0. The topological polar surface area (TPSA) is 56.2 Å². The van der Waals surface area contributed by atoms with E-state index in [9.17, 15) is 13.2 Å². The van der Waals surface area contributed by atoms with Crippen molar-refractivity contribution in [2.24, 2.45) is 0 Å². The molecule has 0 atom stereocenters. The third-order valence-electron chi connectivity index (χ3n) is 3.26. The fraction of sp³-hybridized carbons (Fsp3) is 0.143. The zero-order chi connectivity index (χ0) is 15.2. The summed E-state index contributed by atoms with van der Waals surface area (Å²) < 4.78 is 39.8. The van der Waals surface area contributed by atoms with Gasteiger partial charge in [0.2, 0.25) is 0 Å². The van der Waals surface area contributed by atoms with Crippen LogP contribution in [0.4, 0.5) is 18.9 Å². The van der Waals surface area contributed by atoms with E-state index < -0.39 is 11.7 Å². The van der Waals surface area contributed by atoms with Gasteiger partial charge in [-0.2, -0.15) is 13.2 Å². The van der Waals surface area contributed by atoms with Crippen LogP contribution in [0.5, 0.6) is 0 Å². The Hall–Kier alpha value is -2.57. The quantitative estimate of drug-likeness (QED) is 0.700. The summed E-state index contributed by atoms with van der Waals surface area (Å²) in [5.74, 6) is 0.298. The van der Waals surface area contributed by atoms with Crippen LogP contribution in [0.1, 0.15) is 11.1 Å². The number of anilines is 1. The van der Waals surface area contributed by atoms with Crippen molar-refractivity contribution in [1.29, 1.82) is 0 Å². The first-order valence-corrected chi connectivity index (χ1v) is 6.15. The molecule has 2 aromatic heterocycles. The monoisotopic (exact) mass is 292 g/mol. The lowest BCUT2D eigenvalue weighted by Gasteiger charge is -2.10. The molecule has 1 aromatic carbocycles. The van der Waals surface area contributed by atoms with Crippen molar-refractivity contribution in [2.75, 3.05) is 5.73 Å². The molecule has 0 aliphatic rings. The van der Waals surface area contributed by atoms with Gasteiger partial charge in [0.1, 0.15) is 0 Å². The Balaban J connectivity index is 2.29. The van der Waals surface area contributed by atoms with Crippen molar-refractivity contribution >= 4 is 11.3 Å². The molecule has 3 rings (SSSR count). The van der Waals surface area contributed by atoms with Crippen LogP contribution in [-0.4, -0.2) is 14.6 Å². The molecule has 0 bridgehead atoms. The summed E-state index contributed by atoms with van der Waals surface area (Å²) in [5, 5.41) is 7.87. The largest absolute Gasteiger partial charge is 0.417 e. The lowest BCUT2D eigenvalue weighted by molar-refractivity contribution is -0.137. The SMILES string of the molecule is Cc1cccc(N)c1-c1nnc2ccc(C(F)(F)F)cn12. The van der Waals surface area contributed by atoms with E-state index in [0.717, 1.165) is 17.8 Å². The molecule has 4 nitrogen and oxygen atoms in total. The Morgan fingerprint density at radius 2 is 1.86 bits per heavy atom. The number of fused-ring (bicyclic) bond motifs is 1. The summed E-state index contributed by atoms with van der Waals surface area (Å²) in [6.07, 6.45) is -3.44. The third-order valence-corrected chi connectivity index (χ3v) is 3.26. The second-order valence-corrected chi connectivity index (χ2v) is 4.71. The number of aromatic nitrogens is 3. The van der Waals surface area contributed by atoms with E-state index >= 15 is 0 Å². The molecule has 0 unspecified atom stereocenters. The predicted octanol–water partition coefficient (Wildman–Crippen LogP) is 3.31. The molecule has 0 amide bonds. The summed E-state index contributed by atoms with van der Waals surface area (Å²) in [6, 6.07) is 7.54. The highest BCUT2D eigenvalue weighted by atomic mass is 19.4. The van der Waals surface area contributed by atoms with E-state index in [-0.39, 0.29) is 0 Å². The molecular formula is C14H11F3N4. The first-order valence-electron chi connectivity index (χ1n) is 6.15. The number of alkyl halides is 3. The van der Waals surface area contributed by atoms with Crippen LogP contribution in [0.25, 0.3) is 17.0 Å². The number of hydrogen-bond acceptors (Lipinski definition) is 3. The number of nitrogen functional groups attached to an aromatic ring is 1. The van der Waals surface area contributed by atoms with Crippen LogP contribution in [0.15, 0.2) is 36.5 Å². The Morgan fingerprint density at radius 3 is 2.52 bits per heavy atom. The number of rotatable bonds is 1. The highest BCUT2D eigenvalue weighted by Gasteiger charge is 2.31. The lowest BCUT2D eigenvalue weighted by atomic mass is 10.1. The highest BCUT2D eigenvalue weighted by molar-refractivity contribution is 5.76. The molecule has 21 heavy (non-hydrogen) atoms. The van der Waals surface area contributed by atoms with Crippen LogP contribution in [0.2, 0.25) is 0 Å². The first-order chi connectivity index (χ1) is 9.88. The Morgan fingerprint density at radius 1 is 1.10 bits per heavy atom. The summed E-state index contributed by atoms with van der Waals surface area (Å²) in [6.45, 7) is 1.82. The van der Waals surface area contributed by atoms with Crippen molar-refractivity contribution in [3.8, 4) is 11.4 Å². The maximum absolute atomic E-state index is 12.8. The molecule has 0 aliphatic carbocycles. The van der Waals surface area contributed by atoms with E-state index in [1.807, 2.05) is 13.0 Å². The maximum Gasteiger partial charge on any atom is 0.417 e. The minimum atomic E-state index is -4.42. The third kappa shape index (κ3) is 2.20. The molecule has 7 heteroatoms. The Kier molecular flexibility index (Phi) is 2.86. The number of benzene rings is 1. The van der Waals surface area contributed by atoms with Gasteiger partial charge >= 0.3 is 6.18 Å². The number of aryl methyl sites for hydroxylation is 1. The number of hydrogen-bond donors (Lipinski definition) is 1. The van der Waals surface area contributed by atoms with Crippen LogP contribution >= 0.6 is 0 Å². The van der Waals surface area contributed by atoms with E-state index in [2.05, 4.69) is 10.2 Å². The van der Waals surface area contributed by atoms with E-state index in [4.69, 9.17) is 5.73 Å². The van der Waals surface area contributed by atoms with Crippen molar-refractivity contribution in [1.82, 2.24) is 14.6 Å². The van der Waals surface area contributed by atoms with E-state index in [1.165, 1.54) is 10.5 Å². The van der Waals surface area contributed by atoms with Gasteiger partial charge in [0.15, 0.2) is 11.5 Å². The second kappa shape index (κ2) is 4.47. The molecule has 0 saturated heterocycles. The highest BCUT2D eigenvalue weighted by Crippen LogP contribution is 2.32. The van der Waals surface area contributed by atoms with Gasteiger partial charge in [0, 0.05) is 17.4 Å². The lowest BCUT2D eigenvalue weighted by Crippen LogP contribution is -2.07. The van der Waals surface area contributed by atoms with Gasteiger partial charge in [-0.05, 0) is 30.7 Å². The predicted molar refractivity (Wildman–Crippen MR) is 72.6 cm³/mol. The van der Waals surface area contributed by atoms with Crippen molar-refractivity contribution < 1.29 is 13.2 Å². The van der Waals surface area contributed by atoms with Crippen molar-refractivity contribution in [3.05, 3.63) is 47.7 Å². The van der Waals surface area contributed by atoms with Gasteiger partial charge in [0.25, 0.3) is 0 Å². The second-order valence-electron chi connectivity index (χ2n) is 4.71. The van der Waals surface area contributed by atoms with E-state index in [1.54, 1.807) is 12.1 Å². The van der Waals surface area contributed by atoms with E-state index in [0.29, 0.717) is 22.7 Å². The molecule has 0 saturated carbocycles. The molecule has 2 heterocycles. The molecule has 0 aliphatic heterocycles. The van der Waals surface area contributed by atoms with Crippen LogP contribution in [0, 0.1) is 6.92 Å². The van der Waals surface area contributed by atoms with Crippen molar-refractivity contribution in [2.45, 2.75) is 13.1 Å². The molecular weight excluding hydrogens is 281 g/mol. The fourth-order valence-electron chi connectivity index (χ4n) is 2.22. The average molecular weight is 292 g/mol. The molecule has 3 aromatic rings. The number of nitrogens with zero attached hydrogens (tertiary/aromatic N) is 3. The Bertz CT molecular complexity index is 800. The van der Waals surface area contributed by atoms with Crippen LogP contribution < -0.4 is 5.73 Å². The Labute approximate surface area is 118 Å². The summed E-state index contributed by atoms with van der Waals surface area (Å²) >= 11 is 0. The number of nitrogens with two attached hydrogens (primary N) is 1. The zero-order valence-corrected chi connectivity index (χ0v) is 11.0. The van der Waals surface area contributed by atoms with Gasteiger partial charge < -0.3 is 5.73 Å². The number of pyridine rings is 1. The molecule has 0 fully saturated rings. The van der Waals surface area contributed by atoms with Gasteiger partial charge in [-0.25, -0.2) is 0 Å². The molecule has 0 radical (unpaired) electrons. The van der Waals surface area contributed by atoms with Gasteiger partial charge in [-0.1, -0.05) is 12.1 Å².